The Balaban J connectivity index is 2.22. The van der Waals surface area contributed by atoms with Gasteiger partial charge in [-0.2, -0.15) is 0 Å². The van der Waals surface area contributed by atoms with Crippen molar-refractivity contribution in [3.05, 3.63) is 42.6 Å². The minimum atomic E-state index is 0.695. The van der Waals surface area contributed by atoms with E-state index >= 15 is 0 Å². The van der Waals surface area contributed by atoms with Crippen LogP contribution in [0.25, 0.3) is 11.3 Å². The van der Waals surface area contributed by atoms with Crippen molar-refractivity contribution in [1.29, 1.82) is 0 Å². The van der Waals surface area contributed by atoms with Gasteiger partial charge in [-0.1, -0.05) is 29.5 Å². The molecule has 0 bridgehead atoms. The minimum absolute atomic E-state index is 0.695. The molecule has 0 atom stereocenters. The van der Waals surface area contributed by atoms with Crippen molar-refractivity contribution in [3.8, 4) is 11.3 Å². The Kier molecular flexibility index (Phi) is 2.21. The smallest absolute Gasteiger partial charge is 0.110 e. The van der Waals surface area contributed by atoms with E-state index in [1.54, 1.807) is 0 Å². The van der Waals surface area contributed by atoms with Gasteiger partial charge in [-0.05, 0) is 6.07 Å². The summed E-state index contributed by atoms with van der Waals surface area (Å²) in [5.74, 6) is 0. The van der Waals surface area contributed by atoms with Gasteiger partial charge in [0.05, 0.1) is 18.8 Å². The van der Waals surface area contributed by atoms with E-state index in [-0.39, 0.29) is 0 Å². The van der Waals surface area contributed by atoms with E-state index < -0.39 is 0 Å². The second-order valence-electron chi connectivity index (χ2n) is 4.23. The zero-order valence-electron chi connectivity index (χ0n) is 9.80. The first-order valence-corrected chi connectivity index (χ1v) is 5.65. The highest BCUT2D eigenvalue weighted by molar-refractivity contribution is 5.80. The molecule has 4 heteroatoms. The van der Waals surface area contributed by atoms with E-state index in [1.165, 1.54) is 11.3 Å². The first kappa shape index (κ1) is 10.1. The molecule has 0 saturated carbocycles. The van der Waals surface area contributed by atoms with Crippen molar-refractivity contribution in [2.75, 3.05) is 11.9 Å². The highest BCUT2D eigenvalue weighted by Gasteiger charge is 2.24. The van der Waals surface area contributed by atoms with Gasteiger partial charge < -0.3 is 4.90 Å². The number of hydrogen-bond acceptors (Lipinski definition) is 3. The fourth-order valence-corrected chi connectivity index (χ4v) is 2.32. The average Bonchev–Trinajstić information content (AvgIpc) is 2.73. The molecule has 0 fully saturated rings. The van der Waals surface area contributed by atoms with E-state index in [0.29, 0.717) is 6.54 Å². The maximum Gasteiger partial charge on any atom is 0.110 e. The van der Waals surface area contributed by atoms with Gasteiger partial charge in [-0.3, -0.25) is 0 Å². The third-order valence-corrected chi connectivity index (χ3v) is 3.06. The molecule has 0 saturated heterocycles. The Bertz CT molecular complexity index is 571. The molecule has 86 valence electrons. The Morgan fingerprint density at radius 3 is 3.06 bits per heavy atom. The summed E-state index contributed by atoms with van der Waals surface area (Å²) in [5.41, 5.74) is 4.59. The summed E-state index contributed by atoms with van der Waals surface area (Å²) >= 11 is 0. The van der Waals surface area contributed by atoms with Crippen molar-refractivity contribution in [2.45, 2.75) is 13.1 Å². The molecular weight excluding hydrogens is 212 g/mol. The zero-order valence-corrected chi connectivity index (χ0v) is 9.80. The van der Waals surface area contributed by atoms with Crippen LogP contribution in [-0.4, -0.2) is 22.0 Å². The minimum Gasteiger partial charge on any atom is -0.368 e. The Morgan fingerprint density at radius 2 is 2.24 bits per heavy atom. The molecule has 1 aliphatic rings. The van der Waals surface area contributed by atoms with Crippen molar-refractivity contribution in [3.63, 3.8) is 0 Å². The number of hydrogen-bond donors (Lipinski definition) is 0. The molecule has 4 nitrogen and oxygen atoms in total. The largest absolute Gasteiger partial charge is 0.368 e. The molecule has 0 amide bonds. The lowest BCUT2D eigenvalue weighted by atomic mass is 10.0. The zero-order chi connectivity index (χ0) is 11.8. The van der Waals surface area contributed by atoms with Crippen LogP contribution in [0.1, 0.15) is 5.69 Å². The molecule has 3 rings (SSSR count). The van der Waals surface area contributed by atoms with Gasteiger partial charge in [0, 0.05) is 18.3 Å². The molecule has 1 aromatic heterocycles. The van der Waals surface area contributed by atoms with E-state index in [9.17, 15) is 0 Å². The van der Waals surface area contributed by atoms with Crippen LogP contribution in [0.15, 0.2) is 36.9 Å². The molecule has 1 aliphatic heterocycles. The van der Waals surface area contributed by atoms with Gasteiger partial charge in [0.2, 0.25) is 0 Å². The maximum absolute atomic E-state index is 4.25. The molecular formula is C13H14N4. The lowest BCUT2D eigenvalue weighted by Crippen LogP contribution is -2.22. The normalized spacial score (nSPS) is 13.1. The number of aromatic nitrogens is 3. The van der Waals surface area contributed by atoms with Gasteiger partial charge in [-0.25, -0.2) is 4.68 Å². The number of benzene rings is 1. The third-order valence-electron chi connectivity index (χ3n) is 3.06. The Morgan fingerprint density at radius 1 is 1.41 bits per heavy atom. The van der Waals surface area contributed by atoms with Crippen molar-refractivity contribution < 1.29 is 0 Å². The maximum atomic E-state index is 4.25. The number of fused-ring (bicyclic) bond motifs is 3. The highest BCUT2D eigenvalue weighted by Crippen LogP contribution is 2.36. The van der Waals surface area contributed by atoms with Crippen LogP contribution < -0.4 is 4.90 Å². The fourth-order valence-electron chi connectivity index (χ4n) is 2.32. The second-order valence-corrected chi connectivity index (χ2v) is 4.23. The molecule has 2 aromatic rings. The van der Waals surface area contributed by atoms with Crippen molar-refractivity contribution >= 4 is 5.69 Å². The van der Waals surface area contributed by atoms with Crippen LogP contribution in [0.2, 0.25) is 0 Å². The van der Waals surface area contributed by atoms with Gasteiger partial charge >= 0.3 is 0 Å². The van der Waals surface area contributed by atoms with Gasteiger partial charge in [0.25, 0.3) is 0 Å². The van der Waals surface area contributed by atoms with Crippen LogP contribution in [0.3, 0.4) is 0 Å². The number of allylic oxidation sites excluding steroid dienone is 1. The summed E-state index contributed by atoms with van der Waals surface area (Å²) in [6.07, 6.45) is 1.84. The lowest BCUT2D eigenvalue weighted by Gasteiger charge is -2.26. The van der Waals surface area contributed by atoms with Crippen LogP contribution in [0.4, 0.5) is 5.69 Å². The molecule has 1 aromatic carbocycles. The molecule has 0 N–H and O–H groups in total. The summed E-state index contributed by atoms with van der Waals surface area (Å²) in [6, 6.07) is 8.35. The number of rotatable bonds is 2. The van der Waals surface area contributed by atoms with E-state index in [0.717, 1.165) is 17.9 Å². The second kappa shape index (κ2) is 3.73. The molecule has 0 radical (unpaired) electrons. The van der Waals surface area contributed by atoms with Gasteiger partial charge in [0.1, 0.15) is 5.69 Å². The SMILES string of the molecule is C=CCn1nnc2c1-c1ccccc1N(C)C2. The molecule has 17 heavy (non-hydrogen) atoms. The molecule has 0 aliphatic carbocycles. The standard InChI is InChI=1S/C13H14N4/c1-3-8-17-13-10-6-4-5-7-12(10)16(2)9-11(13)14-15-17/h3-7H,1,8-9H2,2H3. The van der Waals surface area contributed by atoms with E-state index in [4.69, 9.17) is 0 Å². The monoisotopic (exact) mass is 226 g/mol. The van der Waals surface area contributed by atoms with Crippen LogP contribution >= 0.6 is 0 Å². The predicted molar refractivity (Wildman–Crippen MR) is 67.8 cm³/mol. The van der Waals surface area contributed by atoms with Crippen molar-refractivity contribution in [1.82, 2.24) is 15.0 Å². The summed E-state index contributed by atoms with van der Waals surface area (Å²) in [4.78, 5) is 2.20. The first-order chi connectivity index (χ1) is 8.31. The summed E-state index contributed by atoms with van der Waals surface area (Å²) in [5, 5.41) is 8.44. The lowest BCUT2D eigenvalue weighted by molar-refractivity contribution is 0.668. The summed E-state index contributed by atoms with van der Waals surface area (Å²) < 4.78 is 1.91. The van der Waals surface area contributed by atoms with Crippen LogP contribution in [0, 0.1) is 0 Å². The fraction of sp³-hybridized carbons (Fsp3) is 0.231. The first-order valence-electron chi connectivity index (χ1n) is 5.65. The van der Waals surface area contributed by atoms with E-state index in [1.807, 2.05) is 16.8 Å². The summed E-state index contributed by atoms with van der Waals surface area (Å²) in [7, 11) is 2.08. The van der Waals surface area contributed by atoms with Crippen molar-refractivity contribution in [2.24, 2.45) is 0 Å². The number of nitrogens with zero attached hydrogens (tertiary/aromatic N) is 4. The van der Waals surface area contributed by atoms with Gasteiger partial charge in [0.15, 0.2) is 0 Å². The topological polar surface area (TPSA) is 34.0 Å². The van der Waals surface area contributed by atoms with Gasteiger partial charge in [-0.15, -0.1) is 11.7 Å². The highest BCUT2D eigenvalue weighted by atomic mass is 15.4. The Labute approximate surface area is 100 Å². The summed E-state index contributed by atoms with van der Waals surface area (Å²) in [6.45, 7) is 5.26. The predicted octanol–water partition coefficient (Wildman–Crippen LogP) is 2.08. The van der Waals surface area contributed by atoms with Crippen LogP contribution in [-0.2, 0) is 13.1 Å². The number of anilines is 1. The van der Waals surface area contributed by atoms with E-state index in [2.05, 4.69) is 47.0 Å². The average molecular weight is 226 g/mol. The number of para-hydroxylation sites is 1. The quantitative estimate of drug-likeness (QED) is 0.735. The Hall–Kier alpha value is -2.10. The third kappa shape index (κ3) is 1.45. The molecule has 2 heterocycles. The molecule has 0 spiro atoms. The van der Waals surface area contributed by atoms with Crippen LogP contribution in [0.5, 0.6) is 0 Å². The molecule has 0 unspecified atom stereocenters.